The monoisotopic (exact) mass is 326 g/mol. The van der Waals surface area contributed by atoms with E-state index in [0.717, 1.165) is 55.8 Å². The van der Waals surface area contributed by atoms with Gasteiger partial charge in [0.2, 0.25) is 10.9 Å². The zero-order valence-corrected chi connectivity index (χ0v) is 15.1. The lowest BCUT2D eigenvalue weighted by atomic mass is 9.91. The van der Waals surface area contributed by atoms with Gasteiger partial charge in [-0.3, -0.25) is 14.5 Å². The van der Waals surface area contributed by atoms with Crippen LogP contribution < -0.4 is 15.8 Å². The van der Waals surface area contributed by atoms with Crippen LogP contribution in [-0.2, 0) is 0 Å². The number of rotatable bonds is 4. The maximum atomic E-state index is 12.3. The third-order valence-electron chi connectivity index (χ3n) is 5.22. The normalized spacial score (nSPS) is 16.1. The zero-order valence-electron chi connectivity index (χ0n) is 15.1. The van der Waals surface area contributed by atoms with Crippen molar-refractivity contribution in [3.63, 3.8) is 0 Å². The van der Waals surface area contributed by atoms with Crippen LogP contribution in [0, 0.1) is 20.8 Å². The van der Waals surface area contributed by atoms with E-state index in [9.17, 15) is 9.59 Å². The Hall–Kier alpha value is -1.94. The Morgan fingerprint density at radius 3 is 2.12 bits per heavy atom. The minimum atomic E-state index is -0.327. The van der Waals surface area contributed by atoms with Gasteiger partial charge in [-0.2, -0.15) is 0 Å². The Morgan fingerprint density at radius 1 is 0.875 bits per heavy atom. The lowest BCUT2D eigenvalue weighted by molar-refractivity contribution is 0.258. The fraction of sp³-hybridized carbons (Fsp3) is 0.500. The van der Waals surface area contributed by atoms with Crippen LogP contribution in [0.2, 0.25) is 0 Å². The molecule has 4 nitrogen and oxygen atoms in total. The van der Waals surface area contributed by atoms with Crippen molar-refractivity contribution in [2.75, 3.05) is 37.6 Å². The Morgan fingerprint density at radius 2 is 1.50 bits per heavy atom. The SMILES string of the molecule is CCCN1CCN(c2c(-c3cc(C)c(C)cc3C)c(=O)c2=O)CC1. The number of nitrogens with zero attached hydrogens (tertiary/aromatic N) is 2. The molecule has 1 aliphatic heterocycles. The first kappa shape index (κ1) is 16.9. The van der Waals surface area contributed by atoms with Gasteiger partial charge < -0.3 is 4.90 Å². The molecule has 0 atom stereocenters. The Kier molecular flexibility index (Phi) is 4.59. The predicted molar refractivity (Wildman–Crippen MR) is 99.9 cm³/mol. The molecule has 0 N–H and O–H groups in total. The number of aryl methyl sites for hydroxylation is 3. The summed E-state index contributed by atoms with van der Waals surface area (Å²) in [4.78, 5) is 29.1. The Balaban J connectivity index is 1.93. The van der Waals surface area contributed by atoms with Crippen molar-refractivity contribution < 1.29 is 0 Å². The summed E-state index contributed by atoms with van der Waals surface area (Å²) in [5, 5.41) is 0. The Labute approximate surface area is 143 Å². The molecular formula is C20H26N2O2. The molecule has 0 radical (unpaired) electrons. The molecule has 24 heavy (non-hydrogen) atoms. The van der Waals surface area contributed by atoms with Crippen LogP contribution in [0.15, 0.2) is 21.7 Å². The van der Waals surface area contributed by atoms with Gasteiger partial charge in [0.15, 0.2) is 0 Å². The summed E-state index contributed by atoms with van der Waals surface area (Å²) < 4.78 is 0. The van der Waals surface area contributed by atoms with E-state index in [1.54, 1.807) is 0 Å². The highest BCUT2D eigenvalue weighted by Gasteiger charge is 2.29. The number of hydrogen-bond acceptors (Lipinski definition) is 4. The van der Waals surface area contributed by atoms with Crippen molar-refractivity contribution in [3.05, 3.63) is 49.3 Å². The summed E-state index contributed by atoms with van der Waals surface area (Å²) in [5.41, 5.74) is 4.99. The van der Waals surface area contributed by atoms with Crippen LogP contribution in [0.3, 0.4) is 0 Å². The van der Waals surface area contributed by atoms with Crippen LogP contribution in [-0.4, -0.2) is 37.6 Å². The number of hydrogen-bond donors (Lipinski definition) is 0. The molecule has 0 unspecified atom stereocenters. The second-order valence-corrected chi connectivity index (χ2v) is 6.96. The van der Waals surface area contributed by atoms with Gasteiger partial charge in [0.05, 0.1) is 5.56 Å². The fourth-order valence-corrected chi connectivity index (χ4v) is 3.67. The summed E-state index contributed by atoms with van der Waals surface area (Å²) in [6.45, 7) is 13.0. The maximum Gasteiger partial charge on any atom is 0.250 e. The summed E-state index contributed by atoms with van der Waals surface area (Å²) in [5.74, 6) is 0. The third kappa shape index (κ3) is 2.80. The lowest BCUT2D eigenvalue weighted by Gasteiger charge is -2.37. The van der Waals surface area contributed by atoms with E-state index in [0.29, 0.717) is 11.3 Å². The first-order valence-electron chi connectivity index (χ1n) is 8.82. The van der Waals surface area contributed by atoms with Crippen molar-refractivity contribution in [1.29, 1.82) is 0 Å². The summed E-state index contributed by atoms with van der Waals surface area (Å²) in [6.07, 6.45) is 1.15. The van der Waals surface area contributed by atoms with E-state index < -0.39 is 0 Å². The minimum Gasteiger partial charge on any atom is -0.365 e. The first-order valence-corrected chi connectivity index (χ1v) is 8.82. The maximum absolute atomic E-state index is 12.3. The van der Waals surface area contributed by atoms with Crippen molar-refractivity contribution in [1.82, 2.24) is 4.90 Å². The highest BCUT2D eigenvalue weighted by Crippen LogP contribution is 2.31. The van der Waals surface area contributed by atoms with Gasteiger partial charge in [0.1, 0.15) is 5.69 Å². The predicted octanol–water partition coefficient (Wildman–Crippen LogP) is 2.41. The van der Waals surface area contributed by atoms with Crippen LogP contribution in [0.4, 0.5) is 5.69 Å². The van der Waals surface area contributed by atoms with Crippen molar-refractivity contribution in [2.24, 2.45) is 0 Å². The minimum absolute atomic E-state index is 0.313. The van der Waals surface area contributed by atoms with Gasteiger partial charge >= 0.3 is 0 Å². The van der Waals surface area contributed by atoms with Gasteiger partial charge in [0, 0.05) is 26.2 Å². The van der Waals surface area contributed by atoms with Gasteiger partial charge in [-0.15, -0.1) is 0 Å². The average molecular weight is 326 g/mol. The topological polar surface area (TPSA) is 40.6 Å². The van der Waals surface area contributed by atoms with E-state index in [2.05, 4.69) is 35.8 Å². The molecule has 0 aliphatic carbocycles. The van der Waals surface area contributed by atoms with Crippen LogP contribution in [0.1, 0.15) is 30.0 Å². The highest BCUT2D eigenvalue weighted by atomic mass is 16.2. The van der Waals surface area contributed by atoms with Crippen LogP contribution in [0.5, 0.6) is 0 Å². The lowest BCUT2D eigenvalue weighted by Crippen LogP contribution is -2.51. The number of piperazine rings is 1. The first-order chi connectivity index (χ1) is 11.4. The molecular weight excluding hydrogens is 300 g/mol. The van der Waals surface area contributed by atoms with Gasteiger partial charge in [-0.1, -0.05) is 19.1 Å². The second kappa shape index (κ2) is 6.52. The standard InChI is InChI=1S/C20H26N2O2/c1-5-6-21-7-9-22(10-8-21)18-17(19(23)20(18)24)16-12-14(3)13(2)11-15(16)4/h11-12H,5-10H2,1-4H3. The molecule has 0 saturated carbocycles. The largest absolute Gasteiger partial charge is 0.365 e. The molecule has 4 heteroatoms. The molecule has 1 heterocycles. The molecule has 0 bridgehead atoms. The summed E-state index contributed by atoms with van der Waals surface area (Å²) >= 11 is 0. The van der Waals surface area contributed by atoms with E-state index in [4.69, 9.17) is 0 Å². The second-order valence-electron chi connectivity index (χ2n) is 6.96. The van der Waals surface area contributed by atoms with E-state index in [1.807, 2.05) is 13.8 Å². The average Bonchev–Trinajstić information content (AvgIpc) is 2.57. The molecule has 1 saturated heterocycles. The molecule has 128 valence electrons. The van der Waals surface area contributed by atoms with E-state index >= 15 is 0 Å². The number of benzene rings is 1. The molecule has 1 aliphatic rings. The summed E-state index contributed by atoms with van der Waals surface area (Å²) in [6, 6.07) is 4.15. The van der Waals surface area contributed by atoms with E-state index in [-0.39, 0.29) is 10.9 Å². The van der Waals surface area contributed by atoms with Crippen molar-refractivity contribution in [3.8, 4) is 11.1 Å². The highest BCUT2D eigenvalue weighted by molar-refractivity contribution is 5.85. The van der Waals surface area contributed by atoms with Crippen molar-refractivity contribution in [2.45, 2.75) is 34.1 Å². The molecule has 2 aromatic rings. The van der Waals surface area contributed by atoms with E-state index in [1.165, 1.54) is 5.56 Å². The molecule has 0 aromatic heterocycles. The molecule has 1 fully saturated rings. The number of anilines is 1. The Bertz CT molecular complexity index is 823. The van der Waals surface area contributed by atoms with Gasteiger partial charge in [-0.25, -0.2) is 0 Å². The quantitative estimate of drug-likeness (QED) is 0.809. The molecule has 0 spiro atoms. The molecule has 0 amide bonds. The fourth-order valence-electron chi connectivity index (χ4n) is 3.67. The van der Waals surface area contributed by atoms with Crippen molar-refractivity contribution >= 4 is 5.69 Å². The zero-order chi connectivity index (χ0) is 17.4. The molecule has 2 aromatic carbocycles. The van der Waals surface area contributed by atoms with Crippen LogP contribution >= 0.6 is 0 Å². The molecule has 3 rings (SSSR count). The summed E-state index contributed by atoms with van der Waals surface area (Å²) in [7, 11) is 0. The smallest absolute Gasteiger partial charge is 0.250 e. The van der Waals surface area contributed by atoms with Gasteiger partial charge in [-0.05, 0) is 56.0 Å². The van der Waals surface area contributed by atoms with Gasteiger partial charge in [0.25, 0.3) is 0 Å². The third-order valence-corrected chi connectivity index (χ3v) is 5.22. The van der Waals surface area contributed by atoms with Crippen LogP contribution in [0.25, 0.3) is 11.1 Å².